The van der Waals surface area contributed by atoms with Gasteiger partial charge in [-0.3, -0.25) is 14.5 Å². The summed E-state index contributed by atoms with van der Waals surface area (Å²) in [4.78, 5) is 26.8. The summed E-state index contributed by atoms with van der Waals surface area (Å²) < 4.78 is 33.1. The minimum atomic E-state index is -3.57. The van der Waals surface area contributed by atoms with Gasteiger partial charge in [-0.1, -0.05) is 6.42 Å². The molecular formula is C22H33N3O5S. The molecule has 0 unspecified atom stereocenters. The number of amides is 2. The van der Waals surface area contributed by atoms with Gasteiger partial charge < -0.3 is 10.1 Å². The first-order valence-electron chi connectivity index (χ1n) is 11.0. The van der Waals surface area contributed by atoms with Crippen LogP contribution in [-0.2, 0) is 30.8 Å². The highest BCUT2D eigenvalue weighted by Gasteiger charge is 2.38. The molecule has 1 fully saturated rings. The Morgan fingerprint density at radius 2 is 1.90 bits per heavy atom. The summed E-state index contributed by atoms with van der Waals surface area (Å²) in [5.41, 5.74) is 1.31. The standard InChI is InChI=1S/C22H33N3O5S/c1-16(2)30-13-7-10-23-22(27)21-15-18-14-19(8-9-20(18)25(21)17(3)26)31(28,29)24-11-5-4-6-12-24/h8-9,14,16,21H,4-7,10-13,15H2,1-3H3,(H,23,27)/t21-/m0/s1. The first-order chi connectivity index (χ1) is 14.7. The molecule has 2 amide bonds. The Balaban J connectivity index is 1.72. The van der Waals surface area contributed by atoms with Gasteiger partial charge in [0.05, 0.1) is 11.0 Å². The fourth-order valence-electron chi connectivity index (χ4n) is 4.16. The van der Waals surface area contributed by atoms with Gasteiger partial charge in [-0.2, -0.15) is 4.31 Å². The summed E-state index contributed by atoms with van der Waals surface area (Å²) in [5, 5.41) is 2.88. The van der Waals surface area contributed by atoms with E-state index in [2.05, 4.69) is 5.32 Å². The first kappa shape index (κ1) is 23.7. The molecule has 9 heteroatoms. The summed E-state index contributed by atoms with van der Waals surface area (Å²) in [7, 11) is -3.57. The molecule has 2 heterocycles. The van der Waals surface area contributed by atoms with E-state index in [0.29, 0.717) is 50.3 Å². The second-order valence-electron chi connectivity index (χ2n) is 8.43. The molecule has 1 aromatic rings. The van der Waals surface area contributed by atoms with Crippen LogP contribution in [0.2, 0.25) is 0 Å². The van der Waals surface area contributed by atoms with Crippen molar-refractivity contribution in [2.45, 2.75) is 69.9 Å². The molecular weight excluding hydrogens is 418 g/mol. The van der Waals surface area contributed by atoms with Crippen molar-refractivity contribution in [1.29, 1.82) is 0 Å². The van der Waals surface area contributed by atoms with Crippen molar-refractivity contribution >= 4 is 27.5 Å². The largest absolute Gasteiger partial charge is 0.379 e. The molecule has 0 aliphatic carbocycles. The Morgan fingerprint density at radius 3 is 2.55 bits per heavy atom. The number of fused-ring (bicyclic) bond motifs is 1. The minimum absolute atomic E-state index is 0.142. The summed E-state index contributed by atoms with van der Waals surface area (Å²) in [6.45, 7) is 7.41. The number of carbonyl (C=O) groups excluding carboxylic acids is 2. The molecule has 172 valence electrons. The normalized spacial score (nSPS) is 19.5. The van der Waals surface area contributed by atoms with E-state index in [0.717, 1.165) is 19.3 Å². The van der Waals surface area contributed by atoms with Gasteiger partial charge in [0.15, 0.2) is 0 Å². The number of rotatable bonds is 8. The molecule has 0 radical (unpaired) electrons. The van der Waals surface area contributed by atoms with Crippen molar-refractivity contribution in [2.24, 2.45) is 0 Å². The van der Waals surface area contributed by atoms with E-state index in [1.54, 1.807) is 18.2 Å². The van der Waals surface area contributed by atoms with Gasteiger partial charge in [-0.25, -0.2) is 8.42 Å². The zero-order chi connectivity index (χ0) is 22.6. The third-order valence-electron chi connectivity index (χ3n) is 5.70. The minimum Gasteiger partial charge on any atom is -0.379 e. The molecule has 1 atom stereocenters. The summed E-state index contributed by atoms with van der Waals surface area (Å²) >= 11 is 0. The first-order valence-corrected chi connectivity index (χ1v) is 12.5. The molecule has 0 spiro atoms. The Labute approximate surface area is 185 Å². The van der Waals surface area contributed by atoms with Crippen molar-refractivity contribution in [1.82, 2.24) is 9.62 Å². The van der Waals surface area contributed by atoms with Crippen LogP contribution < -0.4 is 10.2 Å². The molecule has 31 heavy (non-hydrogen) atoms. The molecule has 2 aliphatic rings. The smallest absolute Gasteiger partial charge is 0.243 e. The van der Waals surface area contributed by atoms with Crippen molar-refractivity contribution in [3.8, 4) is 0 Å². The number of hydrogen-bond donors (Lipinski definition) is 1. The van der Waals surface area contributed by atoms with Crippen molar-refractivity contribution in [3.63, 3.8) is 0 Å². The number of nitrogens with zero attached hydrogens (tertiary/aromatic N) is 2. The number of anilines is 1. The second-order valence-corrected chi connectivity index (χ2v) is 10.4. The molecule has 8 nitrogen and oxygen atoms in total. The van der Waals surface area contributed by atoms with Crippen LogP contribution in [0.25, 0.3) is 0 Å². The van der Waals surface area contributed by atoms with Crippen molar-refractivity contribution in [2.75, 3.05) is 31.1 Å². The number of piperidine rings is 1. The third-order valence-corrected chi connectivity index (χ3v) is 7.60. The zero-order valence-electron chi connectivity index (χ0n) is 18.6. The quantitative estimate of drug-likeness (QED) is 0.611. The second kappa shape index (κ2) is 10.1. The lowest BCUT2D eigenvalue weighted by molar-refractivity contribution is -0.125. The highest BCUT2D eigenvalue weighted by Crippen LogP contribution is 2.35. The van der Waals surface area contributed by atoms with Crippen LogP contribution >= 0.6 is 0 Å². The Kier molecular flexibility index (Phi) is 7.72. The molecule has 1 saturated heterocycles. The maximum Gasteiger partial charge on any atom is 0.243 e. The lowest BCUT2D eigenvalue weighted by Crippen LogP contribution is -2.47. The summed E-state index contributed by atoms with van der Waals surface area (Å²) in [6, 6.07) is 4.14. The number of sulfonamides is 1. The third kappa shape index (κ3) is 5.45. The zero-order valence-corrected chi connectivity index (χ0v) is 19.4. The summed E-state index contributed by atoms with van der Waals surface area (Å²) in [5.74, 6) is -0.481. The predicted octanol–water partition coefficient (Wildman–Crippen LogP) is 2.07. The fourth-order valence-corrected chi connectivity index (χ4v) is 5.73. The number of carbonyl (C=O) groups is 2. The van der Waals surface area contributed by atoms with Gasteiger partial charge in [0, 0.05) is 45.3 Å². The van der Waals surface area contributed by atoms with Gasteiger partial charge in [-0.15, -0.1) is 0 Å². The highest BCUT2D eigenvalue weighted by molar-refractivity contribution is 7.89. The van der Waals surface area contributed by atoms with E-state index in [1.807, 2.05) is 13.8 Å². The summed E-state index contributed by atoms with van der Waals surface area (Å²) in [6.07, 6.45) is 3.90. The van der Waals surface area contributed by atoms with Crippen LogP contribution in [0, 0.1) is 0 Å². The molecule has 0 bridgehead atoms. The predicted molar refractivity (Wildman–Crippen MR) is 118 cm³/mol. The molecule has 1 aromatic carbocycles. The number of benzene rings is 1. The monoisotopic (exact) mass is 451 g/mol. The van der Waals surface area contributed by atoms with Crippen LogP contribution in [0.5, 0.6) is 0 Å². The van der Waals surface area contributed by atoms with E-state index < -0.39 is 16.1 Å². The average molecular weight is 452 g/mol. The van der Waals surface area contributed by atoms with Crippen LogP contribution in [-0.4, -0.2) is 62.9 Å². The Hall–Kier alpha value is -1.97. The molecule has 1 N–H and O–H groups in total. The van der Waals surface area contributed by atoms with Gasteiger partial charge >= 0.3 is 0 Å². The fraction of sp³-hybridized carbons (Fsp3) is 0.636. The Morgan fingerprint density at radius 1 is 1.19 bits per heavy atom. The van der Waals surface area contributed by atoms with Crippen LogP contribution in [0.15, 0.2) is 23.1 Å². The maximum absolute atomic E-state index is 13.0. The average Bonchev–Trinajstić information content (AvgIpc) is 3.13. The van der Waals surface area contributed by atoms with Crippen molar-refractivity contribution < 1.29 is 22.7 Å². The number of ether oxygens (including phenoxy) is 1. The highest BCUT2D eigenvalue weighted by atomic mass is 32.2. The lowest BCUT2D eigenvalue weighted by Gasteiger charge is -2.26. The van der Waals surface area contributed by atoms with Crippen LogP contribution in [0.3, 0.4) is 0 Å². The SMILES string of the molecule is CC(=O)N1c2ccc(S(=O)(=O)N3CCCCC3)cc2C[C@H]1C(=O)NCCCOC(C)C. The topological polar surface area (TPSA) is 96.0 Å². The Bertz CT molecular complexity index is 910. The van der Waals surface area contributed by atoms with E-state index in [1.165, 1.54) is 16.1 Å². The molecule has 2 aliphatic heterocycles. The molecule has 3 rings (SSSR count). The number of nitrogens with one attached hydrogen (secondary N) is 1. The van der Waals surface area contributed by atoms with E-state index in [4.69, 9.17) is 4.74 Å². The molecule has 0 saturated carbocycles. The van der Waals surface area contributed by atoms with Gasteiger partial charge in [0.25, 0.3) is 0 Å². The number of hydrogen-bond acceptors (Lipinski definition) is 5. The van der Waals surface area contributed by atoms with Crippen molar-refractivity contribution in [3.05, 3.63) is 23.8 Å². The van der Waals surface area contributed by atoms with Gasteiger partial charge in [-0.05, 0) is 56.9 Å². The van der Waals surface area contributed by atoms with Gasteiger partial charge in [0.2, 0.25) is 21.8 Å². The van der Waals surface area contributed by atoms with Crippen LogP contribution in [0.4, 0.5) is 5.69 Å². The van der Waals surface area contributed by atoms with E-state index >= 15 is 0 Å². The maximum atomic E-state index is 13.0. The van der Waals surface area contributed by atoms with E-state index in [9.17, 15) is 18.0 Å². The van der Waals surface area contributed by atoms with Gasteiger partial charge in [0.1, 0.15) is 6.04 Å². The van der Waals surface area contributed by atoms with E-state index in [-0.39, 0.29) is 22.8 Å². The van der Waals surface area contributed by atoms with Crippen LogP contribution in [0.1, 0.15) is 52.0 Å². The molecule has 0 aromatic heterocycles. The lowest BCUT2D eigenvalue weighted by atomic mass is 10.1.